The number of ether oxygens (including phenoxy) is 4. The fourth-order valence-corrected chi connectivity index (χ4v) is 13.8. The van der Waals surface area contributed by atoms with Crippen molar-refractivity contribution < 1.29 is 80.2 Å². The maximum atomic E-state index is 13.1. The van der Waals surface area contributed by atoms with Crippen LogP contribution in [0, 0.1) is 5.92 Å². The fraction of sp³-hybridized carbons (Fsp3) is 0.949. The molecule has 5 atom stereocenters. The van der Waals surface area contributed by atoms with Gasteiger partial charge in [0.1, 0.15) is 19.3 Å². The number of carbonyl (C=O) groups excluding carboxylic acids is 4. The van der Waals surface area contributed by atoms with Gasteiger partial charge in [0.05, 0.1) is 26.4 Å². The van der Waals surface area contributed by atoms with Crippen molar-refractivity contribution in [2.24, 2.45) is 5.92 Å². The largest absolute Gasteiger partial charge is 0.472 e. The number of aliphatic hydroxyl groups is 1. The fourth-order valence-electron chi connectivity index (χ4n) is 12.2. The van der Waals surface area contributed by atoms with Gasteiger partial charge in [-0.25, -0.2) is 9.13 Å². The van der Waals surface area contributed by atoms with E-state index in [1.54, 1.807) is 0 Å². The van der Waals surface area contributed by atoms with Gasteiger partial charge in [-0.05, 0) is 31.6 Å². The summed E-state index contributed by atoms with van der Waals surface area (Å²) in [6.45, 7) is 7.32. The van der Waals surface area contributed by atoms with Crippen LogP contribution in [0.2, 0.25) is 0 Å². The van der Waals surface area contributed by atoms with E-state index < -0.39 is 97.5 Å². The molecule has 0 aliphatic heterocycles. The maximum Gasteiger partial charge on any atom is 0.472 e. The molecule has 0 saturated heterocycles. The molecule has 3 N–H and O–H groups in total. The summed E-state index contributed by atoms with van der Waals surface area (Å²) in [5.74, 6) is -1.34. The Bertz CT molecular complexity index is 1870. The number of phosphoric ester groups is 2. The lowest BCUT2D eigenvalue weighted by atomic mass is 10.0. The zero-order valence-corrected chi connectivity index (χ0v) is 65.7. The second kappa shape index (κ2) is 72.0. The third-order valence-electron chi connectivity index (χ3n) is 18.5. The third kappa shape index (κ3) is 72.4. The van der Waals surface area contributed by atoms with Gasteiger partial charge in [-0.3, -0.25) is 37.3 Å². The molecule has 0 fully saturated rings. The van der Waals surface area contributed by atoms with Crippen molar-refractivity contribution >= 4 is 39.5 Å². The molecule has 19 heteroatoms. The summed E-state index contributed by atoms with van der Waals surface area (Å²) in [7, 11) is -9.91. The van der Waals surface area contributed by atoms with Crippen LogP contribution in [0.1, 0.15) is 420 Å². The molecule has 0 spiro atoms. The lowest BCUT2D eigenvalue weighted by Crippen LogP contribution is -2.30. The van der Waals surface area contributed by atoms with Gasteiger partial charge in [0, 0.05) is 25.7 Å². The van der Waals surface area contributed by atoms with Gasteiger partial charge in [0.15, 0.2) is 12.2 Å². The van der Waals surface area contributed by atoms with Crippen molar-refractivity contribution in [2.75, 3.05) is 39.6 Å². The zero-order chi connectivity index (χ0) is 71.9. The van der Waals surface area contributed by atoms with Gasteiger partial charge in [-0.2, -0.15) is 0 Å². The second-order valence-electron chi connectivity index (χ2n) is 28.9. The quantitative estimate of drug-likeness (QED) is 0.0222. The van der Waals surface area contributed by atoms with E-state index in [4.69, 9.17) is 37.0 Å². The van der Waals surface area contributed by atoms with Crippen LogP contribution in [0.25, 0.3) is 0 Å². The Hall–Kier alpha value is -1.94. The monoisotopic (exact) mass is 1440 g/mol. The molecule has 0 bridgehead atoms. The molecule has 98 heavy (non-hydrogen) atoms. The van der Waals surface area contributed by atoms with Crippen LogP contribution in [0.4, 0.5) is 0 Å². The standard InChI is InChI=1S/C79H154O17P2/c1-6-9-12-15-18-21-24-26-28-29-30-31-32-33-35-39-45-50-55-60-65-79(84)96-75(69-90-77(82)63-58-53-48-43-40-36-37-41-46-51-56-61-72(4)5)71-94-98(87,88)92-67-73(80)66-91-97(85,86)93-70-74(68-89-76(81)62-57-52-47-42-23-20-17-14-11-8-3)95-78(83)64-59-54-49-44-38-34-27-25-22-19-16-13-10-7-2/h72-75,80H,6-71H2,1-5H3,(H,85,86)(H,87,88)/t73-,74+,75+/m0/s1. The van der Waals surface area contributed by atoms with E-state index in [0.717, 1.165) is 95.8 Å². The van der Waals surface area contributed by atoms with E-state index in [0.29, 0.717) is 25.7 Å². The molecule has 17 nitrogen and oxygen atoms in total. The smallest absolute Gasteiger partial charge is 0.462 e. The van der Waals surface area contributed by atoms with Gasteiger partial charge >= 0.3 is 39.5 Å². The lowest BCUT2D eigenvalue weighted by molar-refractivity contribution is -0.161. The number of hydrogen-bond acceptors (Lipinski definition) is 15. The summed E-state index contributed by atoms with van der Waals surface area (Å²) in [5.41, 5.74) is 0. The first kappa shape index (κ1) is 96.1. The minimum Gasteiger partial charge on any atom is -0.462 e. The van der Waals surface area contributed by atoms with Crippen molar-refractivity contribution in [3.05, 3.63) is 0 Å². The highest BCUT2D eigenvalue weighted by molar-refractivity contribution is 7.47. The molecule has 0 heterocycles. The van der Waals surface area contributed by atoms with Crippen LogP contribution in [-0.4, -0.2) is 96.7 Å². The molecule has 2 unspecified atom stereocenters. The van der Waals surface area contributed by atoms with Crippen molar-refractivity contribution in [3.8, 4) is 0 Å². The summed E-state index contributed by atoms with van der Waals surface area (Å²) in [4.78, 5) is 72.9. The topological polar surface area (TPSA) is 237 Å². The first-order chi connectivity index (χ1) is 47.5. The zero-order valence-electron chi connectivity index (χ0n) is 63.9. The van der Waals surface area contributed by atoms with Gasteiger partial charge in [0.25, 0.3) is 0 Å². The predicted octanol–water partition coefficient (Wildman–Crippen LogP) is 23.6. The van der Waals surface area contributed by atoms with Gasteiger partial charge in [-0.15, -0.1) is 0 Å². The molecular weight excluding hydrogens is 1280 g/mol. The number of hydrogen-bond donors (Lipinski definition) is 3. The molecule has 0 saturated carbocycles. The first-order valence-corrected chi connectivity index (χ1v) is 44.1. The Labute approximate surface area is 600 Å². The van der Waals surface area contributed by atoms with Crippen LogP contribution in [-0.2, 0) is 65.4 Å². The molecule has 0 amide bonds. The first-order valence-electron chi connectivity index (χ1n) is 41.1. The highest BCUT2D eigenvalue weighted by Gasteiger charge is 2.30. The average Bonchev–Trinajstić information content (AvgIpc) is 1.05. The Morgan fingerprint density at radius 2 is 0.469 bits per heavy atom. The Kier molecular flexibility index (Phi) is 70.6. The van der Waals surface area contributed by atoms with Crippen molar-refractivity contribution in [1.82, 2.24) is 0 Å². The van der Waals surface area contributed by atoms with Gasteiger partial charge in [0.2, 0.25) is 0 Å². The number of phosphoric acid groups is 2. The number of carbonyl (C=O) groups is 4. The molecule has 0 aromatic rings. The summed E-state index contributed by atoms with van der Waals surface area (Å²) in [6, 6.07) is 0. The van der Waals surface area contributed by atoms with E-state index in [9.17, 15) is 43.2 Å². The predicted molar refractivity (Wildman–Crippen MR) is 400 cm³/mol. The van der Waals surface area contributed by atoms with Gasteiger partial charge in [-0.1, -0.05) is 369 Å². The summed E-state index contributed by atoms with van der Waals surface area (Å²) < 4.78 is 68.6. The molecule has 0 aromatic heterocycles. The molecule has 582 valence electrons. The van der Waals surface area contributed by atoms with Crippen LogP contribution in [0.15, 0.2) is 0 Å². The second-order valence-corrected chi connectivity index (χ2v) is 31.8. The SMILES string of the molecule is CCCCCCCCCCCCCCCCCCCCCCC(=O)O[C@H](COC(=O)CCCCCCCCCCCCCC(C)C)COP(=O)(O)OC[C@@H](O)COP(=O)(O)OC[C@@H](COC(=O)CCCCCCCCCCCC)OC(=O)CCCCCCCCCCCCCCCC. The summed E-state index contributed by atoms with van der Waals surface area (Å²) >= 11 is 0. The molecule has 0 aliphatic carbocycles. The molecule has 0 aliphatic rings. The highest BCUT2D eigenvalue weighted by Crippen LogP contribution is 2.45. The van der Waals surface area contributed by atoms with Crippen molar-refractivity contribution in [3.63, 3.8) is 0 Å². The Balaban J connectivity index is 5.22. The number of aliphatic hydroxyl groups excluding tert-OH is 1. The number of rotatable bonds is 79. The number of unbranched alkanes of at least 4 members (excludes halogenated alkanes) is 51. The van der Waals surface area contributed by atoms with Gasteiger partial charge < -0.3 is 33.8 Å². The van der Waals surface area contributed by atoms with Crippen LogP contribution < -0.4 is 0 Å². The molecule has 0 aromatic carbocycles. The molecule has 0 rings (SSSR count). The minimum atomic E-state index is -4.96. The Morgan fingerprint density at radius 1 is 0.276 bits per heavy atom. The maximum absolute atomic E-state index is 13.1. The highest BCUT2D eigenvalue weighted by atomic mass is 31.2. The summed E-state index contributed by atoms with van der Waals surface area (Å²) in [5, 5.41) is 10.6. The van der Waals surface area contributed by atoms with Crippen LogP contribution in [0.5, 0.6) is 0 Å². The summed E-state index contributed by atoms with van der Waals surface area (Å²) in [6.07, 6.45) is 62.4. The van der Waals surface area contributed by atoms with E-state index in [1.165, 1.54) is 244 Å². The van der Waals surface area contributed by atoms with Crippen molar-refractivity contribution in [2.45, 2.75) is 438 Å². The normalized spacial score (nSPS) is 13.9. The van der Waals surface area contributed by atoms with E-state index >= 15 is 0 Å². The van der Waals surface area contributed by atoms with Crippen molar-refractivity contribution in [1.29, 1.82) is 0 Å². The lowest BCUT2D eigenvalue weighted by Gasteiger charge is -2.21. The average molecular weight is 1440 g/mol. The van der Waals surface area contributed by atoms with E-state index in [-0.39, 0.29) is 25.7 Å². The van der Waals surface area contributed by atoms with E-state index in [2.05, 4.69) is 34.6 Å². The molecule has 0 radical (unpaired) electrons. The number of esters is 4. The third-order valence-corrected chi connectivity index (χ3v) is 20.4. The van der Waals surface area contributed by atoms with Crippen LogP contribution >= 0.6 is 15.6 Å². The van der Waals surface area contributed by atoms with Crippen LogP contribution in [0.3, 0.4) is 0 Å². The Morgan fingerprint density at radius 3 is 0.694 bits per heavy atom. The minimum absolute atomic E-state index is 0.108. The molecular formula is C79H154O17P2. The van der Waals surface area contributed by atoms with E-state index in [1.807, 2.05) is 0 Å².